The molecular formula is C11H6F3N3O3. The van der Waals surface area contributed by atoms with Gasteiger partial charge in [-0.1, -0.05) is 0 Å². The van der Waals surface area contributed by atoms with E-state index < -0.39 is 16.7 Å². The van der Waals surface area contributed by atoms with Gasteiger partial charge < -0.3 is 0 Å². The summed E-state index contributed by atoms with van der Waals surface area (Å²) in [5.41, 5.74) is -1.41. The monoisotopic (exact) mass is 285 g/mol. The summed E-state index contributed by atoms with van der Waals surface area (Å²) in [6.45, 7) is 0. The van der Waals surface area contributed by atoms with E-state index in [1.807, 2.05) is 0 Å². The average Bonchev–Trinajstić information content (AvgIpc) is 2.87. The molecule has 1 aromatic carbocycles. The third-order valence-corrected chi connectivity index (χ3v) is 2.51. The van der Waals surface area contributed by atoms with Crippen LogP contribution in [0.1, 0.15) is 15.9 Å². The number of non-ortho nitro benzene ring substituents is 1. The van der Waals surface area contributed by atoms with Crippen molar-refractivity contribution in [2.75, 3.05) is 0 Å². The molecule has 0 N–H and O–H groups in total. The highest BCUT2D eigenvalue weighted by Crippen LogP contribution is 2.29. The van der Waals surface area contributed by atoms with E-state index in [2.05, 4.69) is 5.10 Å². The minimum atomic E-state index is -4.56. The fourth-order valence-corrected chi connectivity index (χ4v) is 1.56. The average molecular weight is 285 g/mol. The van der Waals surface area contributed by atoms with Gasteiger partial charge in [-0.15, -0.1) is 0 Å². The molecule has 0 saturated heterocycles. The highest BCUT2D eigenvalue weighted by Gasteiger charge is 2.32. The highest BCUT2D eigenvalue weighted by molar-refractivity contribution is 5.82. The first kappa shape index (κ1) is 13.7. The topological polar surface area (TPSA) is 78.0 Å². The van der Waals surface area contributed by atoms with E-state index in [-0.39, 0.29) is 16.9 Å². The molecule has 20 heavy (non-hydrogen) atoms. The van der Waals surface area contributed by atoms with Crippen LogP contribution in [0.4, 0.5) is 18.9 Å². The quantitative estimate of drug-likeness (QED) is 0.493. The zero-order valence-electron chi connectivity index (χ0n) is 9.66. The van der Waals surface area contributed by atoms with E-state index in [1.165, 1.54) is 0 Å². The summed E-state index contributed by atoms with van der Waals surface area (Å²) in [4.78, 5) is 20.8. The van der Waals surface area contributed by atoms with Crippen molar-refractivity contribution in [2.24, 2.45) is 0 Å². The molecule has 2 rings (SSSR count). The molecule has 0 aliphatic carbocycles. The number of hydrogen-bond donors (Lipinski definition) is 0. The first-order valence-corrected chi connectivity index (χ1v) is 5.19. The lowest BCUT2D eigenvalue weighted by Crippen LogP contribution is -2.04. The van der Waals surface area contributed by atoms with Crippen LogP contribution in [-0.2, 0) is 6.18 Å². The Kier molecular flexibility index (Phi) is 3.26. The molecule has 0 aliphatic rings. The Morgan fingerprint density at radius 1 is 1.35 bits per heavy atom. The van der Waals surface area contributed by atoms with Crippen LogP contribution in [0.2, 0.25) is 0 Å². The molecule has 0 radical (unpaired) electrons. The number of carbonyl (C=O) groups is 1. The third-order valence-electron chi connectivity index (χ3n) is 2.51. The summed E-state index contributed by atoms with van der Waals surface area (Å²) in [5, 5.41) is 14.1. The Labute approximate surface area is 109 Å². The highest BCUT2D eigenvalue weighted by atomic mass is 19.4. The molecule has 0 spiro atoms. The zero-order chi connectivity index (χ0) is 14.9. The number of hydrogen-bond acceptors (Lipinski definition) is 4. The SMILES string of the molecule is O=Cc1cc([N+](=O)[O-])ccc1-n1cc(C(F)(F)F)cn1. The Balaban J connectivity index is 2.50. The lowest BCUT2D eigenvalue weighted by molar-refractivity contribution is -0.384. The van der Waals surface area contributed by atoms with Gasteiger partial charge in [0.15, 0.2) is 6.29 Å². The van der Waals surface area contributed by atoms with Crippen LogP contribution in [0.15, 0.2) is 30.6 Å². The van der Waals surface area contributed by atoms with Gasteiger partial charge in [-0.2, -0.15) is 18.3 Å². The maximum absolute atomic E-state index is 12.5. The van der Waals surface area contributed by atoms with Crippen molar-refractivity contribution < 1.29 is 22.9 Å². The molecule has 104 valence electrons. The molecule has 0 saturated carbocycles. The number of nitrogens with zero attached hydrogens (tertiary/aromatic N) is 3. The van der Waals surface area contributed by atoms with E-state index in [9.17, 15) is 28.1 Å². The van der Waals surface area contributed by atoms with E-state index in [0.717, 1.165) is 22.9 Å². The molecule has 6 nitrogen and oxygen atoms in total. The lowest BCUT2D eigenvalue weighted by Gasteiger charge is -2.05. The number of aldehydes is 1. The molecule has 0 bridgehead atoms. The Morgan fingerprint density at radius 3 is 2.55 bits per heavy atom. The van der Waals surface area contributed by atoms with E-state index >= 15 is 0 Å². The smallest absolute Gasteiger partial charge is 0.298 e. The number of nitro benzene ring substituents is 1. The summed E-state index contributed by atoms with van der Waals surface area (Å²) < 4.78 is 38.2. The lowest BCUT2D eigenvalue weighted by atomic mass is 10.1. The second kappa shape index (κ2) is 4.76. The number of rotatable bonds is 3. The van der Waals surface area contributed by atoms with Gasteiger partial charge in [-0.25, -0.2) is 4.68 Å². The van der Waals surface area contributed by atoms with E-state index in [4.69, 9.17) is 0 Å². The van der Waals surface area contributed by atoms with Gasteiger partial charge in [0.1, 0.15) is 0 Å². The maximum Gasteiger partial charge on any atom is 0.419 e. The number of alkyl halides is 3. The summed E-state index contributed by atoms with van der Waals surface area (Å²) in [7, 11) is 0. The first-order valence-electron chi connectivity index (χ1n) is 5.19. The van der Waals surface area contributed by atoms with Crippen LogP contribution in [0, 0.1) is 10.1 Å². The van der Waals surface area contributed by atoms with Gasteiger partial charge >= 0.3 is 6.18 Å². The van der Waals surface area contributed by atoms with Gasteiger partial charge in [-0.3, -0.25) is 14.9 Å². The van der Waals surface area contributed by atoms with Gasteiger partial charge in [0.25, 0.3) is 5.69 Å². The van der Waals surface area contributed by atoms with Crippen molar-refractivity contribution in [2.45, 2.75) is 6.18 Å². The van der Waals surface area contributed by atoms with Crippen molar-refractivity contribution in [3.05, 3.63) is 51.8 Å². The molecule has 9 heteroatoms. The fourth-order valence-electron chi connectivity index (χ4n) is 1.56. The third kappa shape index (κ3) is 2.51. The second-order valence-corrected chi connectivity index (χ2v) is 3.79. The van der Waals surface area contributed by atoms with Crippen molar-refractivity contribution in [3.8, 4) is 5.69 Å². The van der Waals surface area contributed by atoms with Crippen molar-refractivity contribution in [3.63, 3.8) is 0 Å². The predicted molar refractivity (Wildman–Crippen MR) is 60.6 cm³/mol. The molecule has 0 fully saturated rings. The van der Waals surface area contributed by atoms with Gasteiger partial charge in [0.05, 0.1) is 22.4 Å². The zero-order valence-corrected chi connectivity index (χ0v) is 9.66. The summed E-state index contributed by atoms with van der Waals surface area (Å²) in [5.74, 6) is 0. The van der Waals surface area contributed by atoms with Gasteiger partial charge in [0, 0.05) is 23.9 Å². The van der Waals surface area contributed by atoms with Crippen molar-refractivity contribution >= 4 is 12.0 Å². The maximum atomic E-state index is 12.5. The molecule has 0 unspecified atom stereocenters. The summed E-state index contributed by atoms with van der Waals surface area (Å²) in [6.07, 6.45) is -2.93. The van der Waals surface area contributed by atoms with Crippen LogP contribution in [0.5, 0.6) is 0 Å². The van der Waals surface area contributed by atoms with Crippen LogP contribution in [0.25, 0.3) is 5.69 Å². The van der Waals surface area contributed by atoms with Crippen LogP contribution in [0.3, 0.4) is 0 Å². The number of benzene rings is 1. The first-order chi connectivity index (χ1) is 9.32. The van der Waals surface area contributed by atoms with Crippen LogP contribution < -0.4 is 0 Å². The Bertz CT molecular complexity index is 679. The van der Waals surface area contributed by atoms with Crippen LogP contribution in [-0.4, -0.2) is 21.0 Å². The number of carbonyl (C=O) groups excluding carboxylic acids is 1. The standard InChI is InChI=1S/C11H6F3N3O3/c12-11(13,14)8-4-15-16(5-8)10-2-1-9(17(19)20)3-7(10)6-18/h1-6H. The molecule has 0 atom stereocenters. The van der Waals surface area contributed by atoms with Crippen molar-refractivity contribution in [1.29, 1.82) is 0 Å². The number of halogens is 3. The number of nitro groups is 1. The Hall–Kier alpha value is -2.71. The summed E-state index contributed by atoms with van der Waals surface area (Å²) >= 11 is 0. The molecule has 0 amide bonds. The minimum Gasteiger partial charge on any atom is -0.298 e. The van der Waals surface area contributed by atoms with E-state index in [1.54, 1.807) is 0 Å². The van der Waals surface area contributed by atoms with Gasteiger partial charge in [-0.05, 0) is 6.07 Å². The summed E-state index contributed by atoms with van der Waals surface area (Å²) in [6, 6.07) is 3.21. The minimum absolute atomic E-state index is 0.0288. The van der Waals surface area contributed by atoms with E-state index in [0.29, 0.717) is 18.7 Å². The molecule has 2 aromatic rings. The van der Waals surface area contributed by atoms with Crippen LogP contribution >= 0.6 is 0 Å². The molecular weight excluding hydrogens is 279 g/mol. The molecule has 1 heterocycles. The molecule has 1 aromatic heterocycles. The molecule has 0 aliphatic heterocycles. The Morgan fingerprint density at radius 2 is 2.05 bits per heavy atom. The second-order valence-electron chi connectivity index (χ2n) is 3.79. The normalized spacial score (nSPS) is 11.3. The number of aromatic nitrogens is 2. The van der Waals surface area contributed by atoms with Gasteiger partial charge in [0.2, 0.25) is 0 Å². The largest absolute Gasteiger partial charge is 0.419 e. The van der Waals surface area contributed by atoms with Crippen molar-refractivity contribution in [1.82, 2.24) is 9.78 Å². The fraction of sp³-hybridized carbons (Fsp3) is 0.0909. The predicted octanol–water partition coefficient (Wildman–Crippen LogP) is 2.61.